The van der Waals surface area contributed by atoms with E-state index in [0.717, 1.165) is 17.7 Å². The molecule has 3 nitrogen and oxygen atoms in total. The Morgan fingerprint density at radius 2 is 1.86 bits per heavy atom. The van der Waals surface area contributed by atoms with Gasteiger partial charge in [0.15, 0.2) is 0 Å². The smallest absolute Gasteiger partial charge is 0.220 e. The van der Waals surface area contributed by atoms with Crippen LogP contribution in [0.5, 0.6) is 5.75 Å². The van der Waals surface area contributed by atoms with Crippen LogP contribution in [0.4, 0.5) is 0 Å². The normalized spacial score (nSPS) is 10.3. The quantitative estimate of drug-likeness (QED) is 0.795. The van der Waals surface area contributed by atoms with E-state index in [9.17, 15) is 4.79 Å². The molecule has 116 valence electrons. The van der Waals surface area contributed by atoms with E-state index in [2.05, 4.69) is 18.3 Å². The largest absolute Gasteiger partial charge is 0.491 e. The van der Waals surface area contributed by atoms with Crippen LogP contribution in [0, 0.1) is 13.8 Å². The Morgan fingerprint density at radius 3 is 2.59 bits per heavy atom. The van der Waals surface area contributed by atoms with Gasteiger partial charge in [0, 0.05) is 6.42 Å². The van der Waals surface area contributed by atoms with E-state index in [1.165, 1.54) is 11.1 Å². The Bertz CT molecular complexity index is 608. The molecule has 0 unspecified atom stereocenters. The van der Waals surface area contributed by atoms with Gasteiger partial charge in [-0.05, 0) is 37.5 Å². The summed E-state index contributed by atoms with van der Waals surface area (Å²) in [6.07, 6.45) is 1.28. The fraction of sp³-hybridized carbons (Fsp3) is 0.316. The number of nitrogens with one attached hydrogen (secondary N) is 1. The van der Waals surface area contributed by atoms with Gasteiger partial charge in [0.2, 0.25) is 5.91 Å². The fourth-order valence-corrected chi connectivity index (χ4v) is 2.30. The lowest BCUT2D eigenvalue weighted by Gasteiger charge is -2.10. The van der Waals surface area contributed by atoms with Crippen LogP contribution in [0.2, 0.25) is 0 Å². The van der Waals surface area contributed by atoms with Gasteiger partial charge in [-0.15, -0.1) is 0 Å². The highest BCUT2D eigenvalue weighted by molar-refractivity contribution is 5.76. The molecule has 0 atom stereocenters. The minimum absolute atomic E-state index is 0.0630. The van der Waals surface area contributed by atoms with Crippen molar-refractivity contribution in [2.45, 2.75) is 26.7 Å². The summed E-state index contributed by atoms with van der Waals surface area (Å²) in [6, 6.07) is 16.1. The Labute approximate surface area is 132 Å². The van der Waals surface area contributed by atoms with E-state index >= 15 is 0 Å². The first-order valence-electron chi connectivity index (χ1n) is 7.66. The number of hydrogen-bond acceptors (Lipinski definition) is 2. The average molecular weight is 297 g/mol. The van der Waals surface area contributed by atoms with Gasteiger partial charge >= 0.3 is 0 Å². The van der Waals surface area contributed by atoms with Gasteiger partial charge in [-0.3, -0.25) is 4.79 Å². The zero-order valence-electron chi connectivity index (χ0n) is 13.3. The van der Waals surface area contributed by atoms with Crippen molar-refractivity contribution in [3.63, 3.8) is 0 Å². The van der Waals surface area contributed by atoms with E-state index in [1.54, 1.807) is 0 Å². The molecule has 2 aromatic carbocycles. The highest BCUT2D eigenvalue weighted by atomic mass is 16.5. The van der Waals surface area contributed by atoms with Crippen LogP contribution in [-0.2, 0) is 11.2 Å². The van der Waals surface area contributed by atoms with Gasteiger partial charge in [0.05, 0.1) is 6.54 Å². The van der Waals surface area contributed by atoms with Crippen molar-refractivity contribution in [1.29, 1.82) is 0 Å². The van der Waals surface area contributed by atoms with Crippen LogP contribution in [0.15, 0.2) is 48.5 Å². The minimum atomic E-state index is 0.0630. The number of rotatable bonds is 7. The number of ether oxygens (including phenoxy) is 1. The van der Waals surface area contributed by atoms with Crippen molar-refractivity contribution in [2.24, 2.45) is 0 Å². The maximum absolute atomic E-state index is 11.8. The Kier molecular flexibility index (Phi) is 6.01. The highest BCUT2D eigenvalue weighted by Gasteiger charge is 2.03. The molecule has 0 spiro atoms. The van der Waals surface area contributed by atoms with Crippen molar-refractivity contribution >= 4 is 5.91 Å². The van der Waals surface area contributed by atoms with Crippen LogP contribution in [-0.4, -0.2) is 19.1 Å². The predicted molar refractivity (Wildman–Crippen MR) is 89.2 cm³/mol. The number of carbonyl (C=O) groups is 1. The summed E-state index contributed by atoms with van der Waals surface area (Å²) in [4.78, 5) is 11.8. The van der Waals surface area contributed by atoms with Crippen molar-refractivity contribution < 1.29 is 9.53 Å². The minimum Gasteiger partial charge on any atom is -0.491 e. The maximum atomic E-state index is 11.8. The SMILES string of the molecule is Cc1ccc(OCCNC(=O)CCc2ccccc2)c(C)c1. The topological polar surface area (TPSA) is 38.3 Å². The molecule has 0 fully saturated rings. The van der Waals surface area contributed by atoms with Crippen LogP contribution < -0.4 is 10.1 Å². The summed E-state index contributed by atoms with van der Waals surface area (Å²) < 4.78 is 5.69. The van der Waals surface area contributed by atoms with E-state index in [1.807, 2.05) is 49.4 Å². The van der Waals surface area contributed by atoms with Gasteiger partial charge in [-0.25, -0.2) is 0 Å². The third kappa shape index (κ3) is 5.24. The highest BCUT2D eigenvalue weighted by Crippen LogP contribution is 2.18. The molecule has 22 heavy (non-hydrogen) atoms. The Morgan fingerprint density at radius 1 is 1.09 bits per heavy atom. The summed E-state index contributed by atoms with van der Waals surface area (Å²) in [6.45, 7) is 5.10. The third-order valence-electron chi connectivity index (χ3n) is 3.50. The van der Waals surface area contributed by atoms with Gasteiger partial charge in [0.25, 0.3) is 0 Å². The van der Waals surface area contributed by atoms with E-state index in [-0.39, 0.29) is 5.91 Å². The van der Waals surface area contributed by atoms with E-state index in [4.69, 9.17) is 4.74 Å². The van der Waals surface area contributed by atoms with Crippen molar-refractivity contribution in [3.05, 3.63) is 65.2 Å². The molecule has 0 aliphatic carbocycles. The summed E-state index contributed by atoms with van der Waals surface area (Å²) in [5.41, 5.74) is 3.53. The van der Waals surface area contributed by atoms with Gasteiger partial charge in [-0.1, -0.05) is 48.0 Å². The second kappa shape index (κ2) is 8.23. The first-order chi connectivity index (χ1) is 10.6. The number of hydrogen-bond donors (Lipinski definition) is 1. The molecule has 0 saturated heterocycles. The average Bonchev–Trinajstić information content (AvgIpc) is 2.52. The monoisotopic (exact) mass is 297 g/mol. The van der Waals surface area contributed by atoms with Crippen LogP contribution in [0.3, 0.4) is 0 Å². The molecule has 0 aromatic heterocycles. The van der Waals surface area contributed by atoms with Crippen molar-refractivity contribution in [2.75, 3.05) is 13.2 Å². The third-order valence-corrected chi connectivity index (χ3v) is 3.50. The molecule has 3 heteroatoms. The first kappa shape index (κ1) is 16.1. The molecular weight excluding hydrogens is 274 g/mol. The molecule has 1 N–H and O–H groups in total. The standard InChI is InChI=1S/C19H23NO2/c1-15-8-10-18(16(2)14-15)22-13-12-20-19(21)11-9-17-6-4-3-5-7-17/h3-8,10,14H,9,11-13H2,1-2H3,(H,20,21). The number of amides is 1. The van der Waals surface area contributed by atoms with Crippen LogP contribution in [0.25, 0.3) is 0 Å². The second-order valence-corrected chi connectivity index (χ2v) is 5.45. The summed E-state index contributed by atoms with van der Waals surface area (Å²) in [7, 11) is 0. The number of aryl methyl sites for hydroxylation is 3. The lowest BCUT2D eigenvalue weighted by Crippen LogP contribution is -2.28. The predicted octanol–water partition coefficient (Wildman–Crippen LogP) is 3.43. The Balaban J connectivity index is 1.65. The lowest BCUT2D eigenvalue weighted by atomic mass is 10.1. The molecule has 0 bridgehead atoms. The fourth-order valence-electron chi connectivity index (χ4n) is 2.30. The molecular formula is C19H23NO2. The molecule has 0 heterocycles. The molecule has 1 amide bonds. The van der Waals surface area contributed by atoms with Crippen LogP contribution >= 0.6 is 0 Å². The van der Waals surface area contributed by atoms with Crippen LogP contribution in [0.1, 0.15) is 23.1 Å². The number of benzene rings is 2. The van der Waals surface area contributed by atoms with Gasteiger partial charge < -0.3 is 10.1 Å². The second-order valence-electron chi connectivity index (χ2n) is 5.45. The molecule has 0 saturated carbocycles. The molecule has 0 aliphatic heterocycles. The summed E-state index contributed by atoms with van der Waals surface area (Å²) in [5.74, 6) is 0.942. The zero-order chi connectivity index (χ0) is 15.8. The molecule has 2 rings (SSSR count). The van der Waals surface area contributed by atoms with Gasteiger partial charge in [-0.2, -0.15) is 0 Å². The van der Waals surface area contributed by atoms with Gasteiger partial charge in [0.1, 0.15) is 12.4 Å². The molecule has 2 aromatic rings. The maximum Gasteiger partial charge on any atom is 0.220 e. The summed E-state index contributed by atoms with van der Waals surface area (Å²) in [5, 5.41) is 2.89. The zero-order valence-corrected chi connectivity index (χ0v) is 13.3. The van der Waals surface area contributed by atoms with E-state index in [0.29, 0.717) is 19.6 Å². The lowest BCUT2D eigenvalue weighted by molar-refractivity contribution is -0.121. The van der Waals surface area contributed by atoms with E-state index < -0.39 is 0 Å². The van der Waals surface area contributed by atoms with Crippen molar-refractivity contribution in [1.82, 2.24) is 5.32 Å². The summed E-state index contributed by atoms with van der Waals surface area (Å²) >= 11 is 0. The van der Waals surface area contributed by atoms with Crippen molar-refractivity contribution in [3.8, 4) is 5.75 Å². The Hall–Kier alpha value is -2.29. The molecule has 0 aliphatic rings. The first-order valence-corrected chi connectivity index (χ1v) is 7.66. The number of carbonyl (C=O) groups excluding carboxylic acids is 1. The molecule has 0 radical (unpaired) electrons.